The van der Waals surface area contributed by atoms with E-state index in [9.17, 15) is 9.59 Å². The summed E-state index contributed by atoms with van der Waals surface area (Å²) in [6.45, 7) is 3.43. The van der Waals surface area contributed by atoms with E-state index in [-0.39, 0.29) is 0 Å². The fraction of sp³-hybridized carbons (Fsp3) is 0.200. The van der Waals surface area contributed by atoms with Gasteiger partial charge in [-0.3, -0.25) is 9.59 Å². The minimum absolute atomic E-state index is 0.656. The van der Waals surface area contributed by atoms with Gasteiger partial charge in [0.2, 0.25) is 0 Å². The molecule has 0 atom stereocenters. The number of carbonyl (C=O) groups excluding carboxylic acids is 2. The Morgan fingerprint density at radius 2 is 1.17 bits per heavy atom. The van der Waals surface area contributed by atoms with Gasteiger partial charge in [-0.2, -0.15) is 0 Å². The van der Waals surface area contributed by atoms with Crippen molar-refractivity contribution in [2.24, 2.45) is 0 Å². The van der Waals surface area contributed by atoms with E-state index in [2.05, 4.69) is 0 Å². The lowest BCUT2D eigenvalue weighted by molar-refractivity contribution is -0.105. The van der Waals surface area contributed by atoms with Crippen LogP contribution in [0.5, 0.6) is 0 Å². The number of hydrogen-bond acceptors (Lipinski definition) is 2. The molecule has 0 saturated heterocycles. The molecule has 0 amide bonds. The molecule has 0 heterocycles. The van der Waals surface area contributed by atoms with Gasteiger partial charge in [0, 0.05) is 0 Å². The summed E-state index contributed by atoms with van der Waals surface area (Å²) in [5.74, 6) is 0. The Labute approximate surface area is 72.3 Å². The Hall–Kier alpha value is -1.44. The highest BCUT2D eigenvalue weighted by atomic mass is 16.1. The highest BCUT2D eigenvalue weighted by molar-refractivity contribution is 5.73. The maximum Gasteiger partial charge on any atom is 0.145 e. The molecule has 0 N–H and O–H groups in total. The molecular weight excluding hydrogens is 152 g/mol. The van der Waals surface area contributed by atoms with Crippen LogP contribution in [-0.4, -0.2) is 12.6 Å². The molecular formula is C10H12O2. The Bertz CT molecular complexity index is 219. The molecule has 0 aliphatic heterocycles. The fourth-order valence-electron chi connectivity index (χ4n) is 0.493. The van der Waals surface area contributed by atoms with Crippen molar-refractivity contribution in [1.29, 1.82) is 0 Å². The second kappa shape index (κ2) is 6.28. The maximum absolute atomic E-state index is 10.1. The smallest absolute Gasteiger partial charge is 0.145 e. The Morgan fingerprint density at radius 1 is 0.833 bits per heavy atom. The van der Waals surface area contributed by atoms with Crippen molar-refractivity contribution >= 4 is 12.6 Å². The maximum atomic E-state index is 10.1. The minimum atomic E-state index is 0.656. The van der Waals surface area contributed by atoms with E-state index in [0.717, 1.165) is 12.6 Å². The first-order valence-electron chi connectivity index (χ1n) is 3.63. The lowest BCUT2D eigenvalue weighted by Gasteiger charge is -1.81. The van der Waals surface area contributed by atoms with Crippen LogP contribution in [0, 0.1) is 0 Å². The largest absolute Gasteiger partial charge is 0.298 e. The van der Waals surface area contributed by atoms with Crippen LogP contribution < -0.4 is 0 Å². The Morgan fingerprint density at radius 3 is 1.42 bits per heavy atom. The first kappa shape index (κ1) is 10.6. The molecule has 0 spiro atoms. The zero-order valence-corrected chi connectivity index (χ0v) is 7.28. The molecule has 0 aliphatic carbocycles. The number of allylic oxidation sites excluding steroid dienone is 6. The summed E-state index contributed by atoms with van der Waals surface area (Å²) < 4.78 is 0. The number of rotatable bonds is 4. The third kappa shape index (κ3) is 5.35. The summed E-state index contributed by atoms with van der Waals surface area (Å²) >= 11 is 0. The van der Waals surface area contributed by atoms with E-state index in [0.29, 0.717) is 11.1 Å². The number of aldehydes is 2. The van der Waals surface area contributed by atoms with Gasteiger partial charge in [-0.25, -0.2) is 0 Å². The molecule has 0 aromatic rings. The fourth-order valence-corrected chi connectivity index (χ4v) is 0.493. The van der Waals surface area contributed by atoms with Gasteiger partial charge in [-0.1, -0.05) is 24.3 Å². The van der Waals surface area contributed by atoms with E-state index in [4.69, 9.17) is 0 Å². The van der Waals surface area contributed by atoms with Crippen molar-refractivity contribution in [2.45, 2.75) is 13.8 Å². The van der Waals surface area contributed by atoms with Crippen LogP contribution in [0.2, 0.25) is 0 Å². The van der Waals surface area contributed by atoms with Crippen LogP contribution in [0.15, 0.2) is 35.5 Å². The molecule has 0 aromatic carbocycles. The summed E-state index contributed by atoms with van der Waals surface area (Å²) in [4.78, 5) is 20.2. The molecule has 0 aliphatic rings. The summed E-state index contributed by atoms with van der Waals surface area (Å²) in [6, 6.07) is 0. The van der Waals surface area contributed by atoms with Gasteiger partial charge in [0.15, 0.2) is 0 Å². The zero-order valence-electron chi connectivity index (χ0n) is 7.28. The summed E-state index contributed by atoms with van der Waals surface area (Å²) in [7, 11) is 0. The molecule has 2 nitrogen and oxygen atoms in total. The van der Waals surface area contributed by atoms with E-state index in [1.54, 1.807) is 38.2 Å². The third-order valence-electron chi connectivity index (χ3n) is 1.20. The predicted octanol–water partition coefficient (Wildman–Crippen LogP) is 1.83. The van der Waals surface area contributed by atoms with Crippen molar-refractivity contribution in [3.8, 4) is 0 Å². The normalized spacial score (nSPS) is 13.5. The molecule has 0 aromatic heterocycles. The third-order valence-corrected chi connectivity index (χ3v) is 1.20. The molecule has 64 valence electrons. The van der Waals surface area contributed by atoms with Crippen molar-refractivity contribution in [1.82, 2.24) is 0 Å². The highest BCUT2D eigenvalue weighted by Gasteiger charge is 1.79. The summed E-state index contributed by atoms with van der Waals surface area (Å²) in [5.41, 5.74) is 1.31. The quantitative estimate of drug-likeness (QED) is 0.361. The topological polar surface area (TPSA) is 34.1 Å². The van der Waals surface area contributed by atoms with Crippen molar-refractivity contribution in [3.63, 3.8) is 0 Å². The Kier molecular flexibility index (Phi) is 5.53. The van der Waals surface area contributed by atoms with E-state index < -0.39 is 0 Å². The summed E-state index contributed by atoms with van der Waals surface area (Å²) in [5, 5.41) is 0. The van der Waals surface area contributed by atoms with Gasteiger partial charge >= 0.3 is 0 Å². The van der Waals surface area contributed by atoms with Crippen molar-refractivity contribution in [3.05, 3.63) is 35.5 Å². The molecule has 0 bridgehead atoms. The first-order valence-corrected chi connectivity index (χ1v) is 3.63. The van der Waals surface area contributed by atoms with Gasteiger partial charge in [0.05, 0.1) is 0 Å². The SMILES string of the molecule is CC(C=O)=CC=C/C=C(\C)C=O. The zero-order chi connectivity index (χ0) is 9.40. The van der Waals surface area contributed by atoms with Crippen LogP contribution >= 0.6 is 0 Å². The van der Waals surface area contributed by atoms with Crippen LogP contribution in [0.25, 0.3) is 0 Å². The molecule has 2 heteroatoms. The molecule has 0 saturated carbocycles. The van der Waals surface area contributed by atoms with Gasteiger partial charge in [-0.05, 0) is 25.0 Å². The van der Waals surface area contributed by atoms with Crippen LogP contribution in [0.3, 0.4) is 0 Å². The molecule has 0 unspecified atom stereocenters. The molecule has 0 radical (unpaired) electrons. The van der Waals surface area contributed by atoms with Gasteiger partial charge < -0.3 is 0 Å². The molecule has 12 heavy (non-hydrogen) atoms. The van der Waals surface area contributed by atoms with Gasteiger partial charge in [0.1, 0.15) is 12.6 Å². The summed E-state index contributed by atoms with van der Waals surface area (Å²) in [6.07, 6.45) is 8.36. The van der Waals surface area contributed by atoms with Crippen molar-refractivity contribution in [2.75, 3.05) is 0 Å². The number of carbonyl (C=O) groups is 2. The van der Waals surface area contributed by atoms with E-state index in [1.807, 2.05) is 0 Å². The Balaban J connectivity index is 4.09. The molecule has 0 rings (SSSR count). The van der Waals surface area contributed by atoms with Crippen LogP contribution in [0.1, 0.15) is 13.8 Å². The molecule has 0 fully saturated rings. The average molecular weight is 164 g/mol. The first-order chi connectivity index (χ1) is 5.70. The van der Waals surface area contributed by atoms with Crippen LogP contribution in [-0.2, 0) is 9.59 Å². The minimum Gasteiger partial charge on any atom is -0.298 e. The van der Waals surface area contributed by atoms with Crippen LogP contribution in [0.4, 0.5) is 0 Å². The number of hydrogen-bond donors (Lipinski definition) is 0. The second-order valence-electron chi connectivity index (χ2n) is 2.44. The monoisotopic (exact) mass is 164 g/mol. The van der Waals surface area contributed by atoms with Gasteiger partial charge in [0.25, 0.3) is 0 Å². The predicted molar refractivity (Wildman–Crippen MR) is 48.8 cm³/mol. The lowest BCUT2D eigenvalue weighted by Crippen LogP contribution is -1.73. The highest BCUT2D eigenvalue weighted by Crippen LogP contribution is 1.90. The lowest BCUT2D eigenvalue weighted by atomic mass is 10.2. The van der Waals surface area contributed by atoms with Crippen molar-refractivity contribution < 1.29 is 9.59 Å². The standard InChI is InChI=1S/C10H12O2/c1-9(7-11)5-3-4-6-10(2)8-12/h3-8H,1-2H3/b4-3?,9-5+,10-6?. The average Bonchev–Trinajstić information content (AvgIpc) is 2.11. The van der Waals surface area contributed by atoms with Gasteiger partial charge in [-0.15, -0.1) is 0 Å². The van der Waals surface area contributed by atoms with E-state index in [1.165, 1.54) is 0 Å². The second-order valence-corrected chi connectivity index (χ2v) is 2.44. The van der Waals surface area contributed by atoms with E-state index >= 15 is 0 Å².